The van der Waals surface area contributed by atoms with E-state index in [1.807, 2.05) is 0 Å². The molecule has 0 atom stereocenters. The Hall–Kier alpha value is -6.25. The van der Waals surface area contributed by atoms with E-state index in [1.54, 1.807) is 0 Å². The normalized spacial score (nSPS) is 11.4. The number of hydrogen-bond acceptors (Lipinski definition) is 1. The first-order chi connectivity index (χ1) is 24.3. The summed E-state index contributed by atoms with van der Waals surface area (Å²) in [6.07, 6.45) is 0.856. The number of imidazole rings is 1. The fourth-order valence-electron chi connectivity index (χ4n) is 7.55. The van der Waals surface area contributed by atoms with Gasteiger partial charge in [0.1, 0.15) is 5.82 Å². The highest BCUT2D eigenvalue weighted by Gasteiger charge is 2.18. The van der Waals surface area contributed by atoms with Gasteiger partial charge in [-0.25, -0.2) is 4.98 Å². The van der Waals surface area contributed by atoms with Gasteiger partial charge in [0, 0.05) is 12.0 Å². The minimum Gasteiger partial charge on any atom is -0.296 e. The number of fused-ring (bicyclic) bond motifs is 3. The van der Waals surface area contributed by atoms with Crippen molar-refractivity contribution in [2.75, 3.05) is 0 Å². The number of rotatable bonds is 6. The smallest absolute Gasteiger partial charge is 0.114 e. The van der Waals surface area contributed by atoms with Gasteiger partial charge in [0.2, 0.25) is 0 Å². The molecule has 232 valence electrons. The summed E-state index contributed by atoms with van der Waals surface area (Å²) >= 11 is 0. The van der Waals surface area contributed by atoms with Gasteiger partial charge < -0.3 is 0 Å². The molecule has 8 aromatic carbocycles. The van der Waals surface area contributed by atoms with Crippen molar-refractivity contribution in [2.45, 2.75) is 13.3 Å². The molecule has 0 radical (unpaired) electrons. The van der Waals surface area contributed by atoms with Gasteiger partial charge in [-0.2, -0.15) is 0 Å². The lowest BCUT2D eigenvalue weighted by molar-refractivity contribution is 0.909. The van der Waals surface area contributed by atoms with E-state index in [9.17, 15) is 0 Å². The molecule has 0 spiro atoms. The van der Waals surface area contributed by atoms with Crippen molar-refractivity contribution in [2.24, 2.45) is 0 Å². The van der Waals surface area contributed by atoms with Gasteiger partial charge in [-0.3, -0.25) is 4.57 Å². The van der Waals surface area contributed by atoms with Crippen LogP contribution in [0, 0.1) is 0 Å². The Morgan fingerprint density at radius 1 is 0.429 bits per heavy atom. The molecule has 0 N–H and O–H groups in total. The third-order valence-corrected chi connectivity index (χ3v) is 9.77. The quantitative estimate of drug-likeness (QED) is 0.168. The van der Waals surface area contributed by atoms with Crippen LogP contribution >= 0.6 is 0 Å². The summed E-state index contributed by atoms with van der Waals surface area (Å²) in [4.78, 5) is 4.97. The van der Waals surface area contributed by atoms with Crippen LogP contribution in [-0.4, -0.2) is 9.55 Å². The third kappa shape index (κ3) is 4.92. The Balaban J connectivity index is 1.20. The largest absolute Gasteiger partial charge is 0.296 e. The Labute approximate surface area is 286 Å². The molecule has 9 rings (SSSR count). The SMILES string of the molecule is CCc1nc2ccccc2n1-c1ccccc1-c1ccc(-c2c3ccccc3c(-c3cccc(-c4ccccc4)c3)c3ccccc23)cc1. The van der Waals surface area contributed by atoms with E-state index < -0.39 is 0 Å². The molecule has 2 nitrogen and oxygen atoms in total. The highest BCUT2D eigenvalue weighted by molar-refractivity contribution is 6.21. The number of para-hydroxylation sites is 3. The average Bonchev–Trinajstić information content (AvgIpc) is 3.56. The summed E-state index contributed by atoms with van der Waals surface area (Å²) in [5.41, 5.74) is 13.1. The van der Waals surface area contributed by atoms with Crippen LogP contribution in [0.15, 0.2) is 176 Å². The molecular weight excluding hydrogens is 593 g/mol. The summed E-state index contributed by atoms with van der Waals surface area (Å²) in [6, 6.07) is 63.6. The van der Waals surface area contributed by atoms with Crippen LogP contribution in [0.1, 0.15) is 12.7 Å². The third-order valence-electron chi connectivity index (χ3n) is 9.77. The maximum Gasteiger partial charge on any atom is 0.114 e. The standard InChI is InChI=1S/C47H34N2/c1-2-45-48-42-24-11-13-26-44(42)49(45)43-25-12-10-19-37(43)33-27-29-34(30-28-33)46-38-20-6-8-22-40(38)47(41-23-9-7-21-39(41)46)36-18-14-17-35(31-36)32-15-4-3-5-16-32/h3-31H,2H2,1H3. The fourth-order valence-corrected chi connectivity index (χ4v) is 7.55. The van der Waals surface area contributed by atoms with Crippen molar-refractivity contribution in [1.29, 1.82) is 0 Å². The Kier molecular flexibility index (Phi) is 7.13. The topological polar surface area (TPSA) is 17.8 Å². The second kappa shape index (κ2) is 12.1. The minimum atomic E-state index is 0.856. The lowest BCUT2D eigenvalue weighted by atomic mass is 9.85. The van der Waals surface area contributed by atoms with E-state index in [0.717, 1.165) is 29.0 Å². The number of nitrogens with zero attached hydrogens (tertiary/aromatic N) is 2. The Bertz CT molecular complexity index is 2570. The van der Waals surface area contributed by atoms with E-state index in [-0.39, 0.29) is 0 Å². The molecule has 2 heteroatoms. The monoisotopic (exact) mass is 626 g/mol. The van der Waals surface area contributed by atoms with Crippen LogP contribution in [0.3, 0.4) is 0 Å². The number of hydrogen-bond donors (Lipinski definition) is 0. The van der Waals surface area contributed by atoms with Crippen LogP contribution in [0.25, 0.3) is 82.8 Å². The number of benzene rings is 8. The molecule has 1 aromatic heterocycles. The molecule has 0 unspecified atom stereocenters. The van der Waals surface area contributed by atoms with E-state index >= 15 is 0 Å². The van der Waals surface area contributed by atoms with E-state index in [1.165, 1.54) is 66.1 Å². The predicted molar refractivity (Wildman–Crippen MR) is 207 cm³/mol. The zero-order valence-electron chi connectivity index (χ0n) is 27.3. The van der Waals surface area contributed by atoms with Crippen LogP contribution < -0.4 is 0 Å². The molecule has 0 aliphatic heterocycles. The van der Waals surface area contributed by atoms with Gasteiger partial charge in [0.05, 0.1) is 16.7 Å². The van der Waals surface area contributed by atoms with Crippen molar-refractivity contribution in [3.63, 3.8) is 0 Å². The lowest BCUT2D eigenvalue weighted by Crippen LogP contribution is -2.02. The van der Waals surface area contributed by atoms with E-state index in [2.05, 4.69) is 187 Å². The van der Waals surface area contributed by atoms with Crippen LogP contribution in [0.5, 0.6) is 0 Å². The number of aromatic nitrogens is 2. The molecule has 0 amide bonds. The maximum atomic E-state index is 4.97. The Morgan fingerprint density at radius 3 is 1.65 bits per heavy atom. The molecular formula is C47H34N2. The van der Waals surface area contributed by atoms with Gasteiger partial charge in [-0.1, -0.05) is 159 Å². The second-order valence-corrected chi connectivity index (χ2v) is 12.6. The molecule has 49 heavy (non-hydrogen) atoms. The van der Waals surface area contributed by atoms with Gasteiger partial charge in [-0.05, 0) is 84.8 Å². The van der Waals surface area contributed by atoms with Gasteiger partial charge >= 0.3 is 0 Å². The van der Waals surface area contributed by atoms with Gasteiger partial charge in [0.15, 0.2) is 0 Å². The number of aryl methyl sites for hydroxylation is 1. The van der Waals surface area contributed by atoms with Gasteiger partial charge in [-0.15, -0.1) is 0 Å². The summed E-state index contributed by atoms with van der Waals surface area (Å²) in [6.45, 7) is 2.18. The summed E-state index contributed by atoms with van der Waals surface area (Å²) in [5, 5.41) is 5.03. The first kappa shape index (κ1) is 28.9. The molecule has 0 saturated heterocycles. The van der Waals surface area contributed by atoms with E-state index in [4.69, 9.17) is 4.98 Å². The molecule has 0 aliphatic carbocycles. The van der Waals surface area contributed by atoms with Crippen molar-refractivity contribution >= 4 is 32.6 Å². The molecule has 0 bridgehead atoms. The summed E-state index contributed by atoms with van der Waals surface area (Å²) < 4.78 is 2.32. The van der Waals surface area contributed by atoms with Crippen LogP contribution in [0.4, 0.5) is 0 Å². The summed E-state index contributed by atoms with van der Waals surface area (Å²) in [5.74, 6) is 1.07. The van der Waals surface area contributed by atoms with Crippen molar-refractivity contribution in [3.05, 3.63) is 182 Å². The van der Waals surface area contributed by atoms with Crippen LogP contribution in [0.2, 0.25) is 0 Å². The van der Waals surface area contributed by atoms with Crippen molar-refractivity contribution in [1.82, 2.24) is 9.55 Å². The highest BCUT2D eigenvalue weighted by atomic mass is 15.1. The van der Waals surface area contributed by atoms with Gasteiger partial charge in [0.25, 0.3) is 0 Å². The maximum absolute atomic E-state index is 4.97. The predicted octanol–water partition coefficient (Wildman–Crippen LogP) is 12.6. The van der Waals surface area contributed by atoms with Crippen LogP contribution in [-0.2, 0) is 6.42 Å². The minimum absolute atomic E-state index is 0.856. The Morgan fingerprint density at radius 2 is 0.959 bits per heavy atom. The van der Waals surface area contributed by atoms with E-state index in [0.29, 0.717) is 0 Å². The zero-order valence-corrected chi connectivity index (χ0v) is 27.3. The molecule has 0 aliphatic rings. The van der Waals surface area contributed by atoms with Crippen molar-refractivity contribution in [3.8, 4) is 50.2 Å². The lowest BCUT2D eigenvalue weighted by Gasteiger charge is -2.19. The summed E-state index contributed by atoms with van der Waals surface area (Å²) in [7, 11) is 0. The molecule has 0 saturated carbocycles. The average molecular weight is 627 g/mol. The molecule has 9 aromatic rings. The zero-order chi connectivity index (χ0) is 32.7. The van der Waals surface area contributed by atoms with Crippen molar-refractivity contribution < 1.29 is 0 Å². The molecule has 0 fully saturated rings. The fraction of sp³-hybridized carbons (Fsp3) is 0.0426. The molecule has 1 heterocycles. The first-order valence-corrected chi connectivity index (χ1v) is 17.0. The second-order valence-electron chi connectivity index (χ2n) is 12.6. The first-order valence-electron chi connectivity index (χ1n) is 17.0. The highest BCUT2D eigenvalue weighted by Crippen LogP contribution is 2.44.